The number of rotatable bonds is 2. The fourth-order valence-corrected chi connectivity index (χ4v) is 5.28. The van der Waals surface area contributed by atoms with E-state index in [9.17, 15) is 0 Å². The molecule has 0 amide bonds. The summed E-state index contributed by atoms with van der Waals surface area (Å²) in [4.78, 5) is 0. The first-order valence-electron chi connectivity index (χ1n) is 7.49. The van der Waals surface area contributed by atoms with E-state index in [0.717, 1.165) is 29.6 Å². The summed E-state index contributed by atoms with van der Waals surface area (Å²) in [5.74, 6) is 4.83. The molecule has 1 aromatic rings. The fourth-order valence-electron chi connectivity index (χ4n) is 5.28. The Morgan fingerprint density at radius 3 is 2.39 bits per heavy atom. The zero-order valence-electron chi connectivity index (χ0n) is 11.4. The number of benzene rings is 1. The van der Waals surface area contributed by atoms with E-state index in [-0.39, 0.29) is 0 Å². The van der Waals surface area contributed by atoms with E-state index in [1.807, 2.05) is 0 Å². The Labute approximate surface area is 110 Å². The molecule has 2 bridgehead atoms. The zero-order chi connectivity index (χ0) is 12.4. The third-order valence-corrected chi connectivity index (χ3v) is 5.99. The summed E-state index contributed by atoms with van der Waals surface area (Å²) >= 11 is 0. The lowest BCUT2D eigenvalue weighted by atomic mass is 9.91. The van der Waals surface area contributed by atoms with Crippen LogP contribution in [-0.2, 0) is 0 Å². The summed E-state index contributed by atoms with van der Waals surface area (Å²) in [6.07, 6.45) is 4.50. The van der Waals surface area contributed by atoms with Crippen molar-refractivity contribution < 1.29 is 0 Å². The Morgan fingerprint density at radius 2 is 1.78 bits per heavy atom. The average Bonchev–Trinajstić information content (AvgIpc) is 2.77. The molecule has 2 N–H and O–H groups in total. The molecule has 0 radical (unpaired) electrons. The fraction of sp³-hybridized carbons (Fsp3) is 0.647. The molecule has 0 saturated heterocycles. The van der Waals surface area contributed by atoms with Crippen molar-refractivity contribution in [1.29, 1.82) is 0 Å². The van der Waals surface area contributed by atoms with E-state index in [4.69, 9.17) is 5.73 Å². The second-order valence-corrected chi connectivity index (χ2v) is 6.95. The van der Waals surface area contributed by atoms with Gasteiger partial charge in [0.25, 0.3) is 0 Å². The van der Waals surface area contributed by atoms with Crippen LogP contribution < -0.4 is 5.73 Å². The van der Waals surface area contributed by atoms with Gasteiger partial charge < -0.3 is 5.73 Å². The van der Waals surface area contributed by atoms with E-state index < -0.39 is 0 Å². The van der Waals surface area contributed by atoms with Gasteiger partial charge in [-0.15, -0.1) is 0 Å². The monoisotopic (exact) mass is 241 g/mol. The molecular formula is C17H23N. The Bertz CT molecular complexity index is 476. The maximum atomic E-state index is 6.59. The topological polar surface area (TPSA) is 26.0 Å². The Morgan fingerprint density at radius 1 is 1.11 bits per heavy atom. The second kappa shape index (κ2) is 3.60. The molecule has 18 heavy (non-hydrogen) atoms. The van der Waals surface area contributed by atoms with Gasteiger partial charge >= 0.3 is 0 Å². The summed E-state index contributed by atoms with van der Waals surface area (Å²) in [6.45, 7) is 4.38. The SMILES string of the molecule is Cc1ccc(C(N)C2C3C4CCC(C4)C32)c(C)c1. The highest BCUT2D eigenvalue weighted by molar-refractivity contribution is 5.35. The molecule has 1 heteroatoms. The predicted octanol–water partition coefficient (Wildman–Crippen LogP) is 3.60. The number of nitrogens with two attached hydrogens (primary N) is 1. The van der Waals surface area contributed by atoms with Crippen LogP contribution in [0.2, 0.25) is 0 Å². The van der Waals surface area contributed by atoms with Crippen LogP contribution in [0.1, 0.15) is 42.0 Å². The highest BCUT2D eigenvalue weighted by atomic mass is 14.8. The van der Waals surface area contributed by atoms with Crippen LogP contribution >= 0.6 is 0 Å². The minimum atomic E-state index is 0.295. The molecule has 0 aliphatic heterocycles. The first kappa shape index (κ1) is 11.0. The van der Waals surface area contributed by atoms with Crippen LogP contribution in [0, 0.1) is 43.4 Å². The van der Waals surface area contributed by atoms with Crippen molar-refractivity contribution in [2.24, 2.45) is 35.3 Å². The van der Waals surface area contributed by atoms with Gasteiger partial charge in [-0.05, 0) is 73.8 Å². The quantitative estimate of drug-likeness (QED) is 0.841. The average molecular weight is 241 g/mol. The molecule has 3 aliphatic rings. The molecule has 1 aromatic carbocycles. The smallest absolute Gasteiger partial charge is 0.0331 e. The molecule has 96 valence electrons. The van der Waals surface area contributed by atoms with Crippen LogP contribution in [-0.4, -0.2) is 0 Å². The van der Waals surface area contributed by atoms with Crippen LogP contribution in [0.5, 0.6) is 0 Å². The third-order valence-electron chi connectivity index (χ3n) is 5.99. The van der Waals surface area contributed by atoms with E-state index in [1.165, 1.54) is 36.0 Å². The van der Waals surface area contributed by atoms with E-state index in [0.29, 0.717) is 6.04 Å². The van der Waals surface area contributed by atoms with Gasteiger partial charge in [0, 0.05) is 6.04 Å². The molecule has 0 spiro atoms. The van der Waals surface area contributed by atoms with Crippen molar-refractivity contribution in [1.82, 2.24) is 0 Å². The van der Waals surface area contributed by atoms with Crippen molar-refractivity contribution in [3.8, 4) is 0 Å². The lowest BCUT2D eigenvalue weighted by Gasteiger charge is -2.19. The van der Waals surface area contributed by atoms with Crippen molar-refractivity contribution >= 4 is 0 Å². The predicted molar refractivity (Wildman–Crippen MR) is 74.1 cm³/mol. The molecule has 0 heterocycles. The lowest BCUT2D eigenvalue weighted by molar-refractivity contribution is 0.417. The van der Waals surface area contributed by atoms with Crippen molar-refractivity contribution in [3.63, 3.8) is 0 Å². The van der Waals surface area contributed by atoms with Gasteiger partial charge in [0.05, 0.1) is 0 Å². The molecule has 3 saturated carbocycles. The van der Waals surface area contributed by atoms with Crippen molar-refractivity contribution in [3.05, 3.63) is 34.9 Å². The van der Waals surface area contributed by atoms with Crippen LogP contribution in [0.4, 0.5) is 0 Å². The molecular weight excluding hydrogens is 218 g/mol. The van der Waals surface area contributed by atoms with E-state index in [1.54, 1.807) is 0 Å². The number of aryl methyl sites for hydroxylation is 2. The minimum absolute atomic E-state index is 0.295. The van der Waals surface area contributed by atoms with Crippen LogP contribution in [0.3, 0.4) is 0 Å². The summed E-state index contributed by atoms with van der Waals surface area (Å²) in [6, 6.07) is 7.06. The van der Waals surface area contributed by atoms with Crippen molar-refractivity contribution in [2.75, 3.05) is 0 Å². The van der Waals surface area contributed by atoms with Gasteiger partial charge in [-0.25, -0.2) is 0 Å². The molecule has 5 unspecified atom stereocenters. The Kier molecular flexibility index (Phi) is 2.21. The number of hydrogen-bond donors (Lipinski definition) is 1. The standard InChI is InChI=1S/C17H23N/c1-9-3-6-13(10(2)7-9)17(18)16-14-11-4-5-12(8-11)15(14)16/h3,6-7,11-12,14-17H,4-5,8,18H2,1-2H3. The lowest BCUT2D eigenvalue weighted by Crippen LogP contribution is -2.18. The maximum Gasteiger partial charge on any atom is 0.0331 e. The molecule has 3 aliphatic carbocycles. The Hall–Kier alpha value is -0.820. The van der Waals surface area contributed by atoms with E-state index >= 15 is 0 Å². The van der Waals surface area contributed by atoms with Gasteiger partial charge in [-0.1, -0.05) is 23.8 Å². The first-order chi connectivity index (χ1) is 8.66. The van der Waals surface area contributed by atoms with Gasteiger partial charge in [0.1, 0.15) is 0 Å². The summed E-state index contributed by atoms with van der Waals surface area (Å²) in [5, 5.41) is 0. The maximum absolute atomic E-state index is 6.59. The highest BCUT2D eigenvalue weighted by Crippen LogP contribution is 2.71. The molecule has 4 rings (SSSR count). The molecule has 0 aromatic heterocycles. The minimum Gasteiger partial charge on any atom is -0.324 e. The molecule has 3 fully saturated rings. The van der Waals surface area contributed by atoms with Gasteiger partial charge in [-0.2, -0.15) is 0 Å². The van der Waals surface area contributed by atoms with Gasteiger partial charge in [0.2, 0.25) is 0 Å². The summed E-state index contributed by atoms with van der Waals surface area (Å²) < 4.78 is 0. The second-order valence-electron chi connectivity index (χ2n) is 6.95. The summed E-state index contributed by atoms with van der Waals surface area (Å²) in [5.41, 5.74) is 10.7. The van der Waals surface area contributed by atoms with Crippen molar-refractivity contribution in [2.45, 2.75) is 39.2 Å². The third kappa shape index (κ3) is 1.37. The highest BCUT2D eigenvalue weighted by Gasteiger charge is 2.66. The number of hydrogen-bond acceptors (Lipinski definition) is 1. The van der Waals surface area contributed by atoms with Gasteiger partial charge in [0.15, 0.2) is 0 Å². The zero-order valence-corrected chi connectivity index (χ0v) is 11.4. The molecule has 5 atom stereocenters. The van der Waals surface area contributed by atoms with Crippen LogP contribution in [0.25, 0.3) is 0 Å². The van der Waals surface area contributed by atoms with Crippen LogP contribution in [0.15, 0.2) is 18.2 Å². The molecule has 1 nitrogen and oxygen atoms in total. The Balaban J connectivity index is 1.60. The first-order valence-corrected chi connectivity index (χ1v) is 7.49. The largest absolute Gasteiger partial charge is 0.324 e. The van der Waals surface area contributed by atoms with E-state index in [2.05, 4.69) is 32.0 Å². The van der Waals surface area contributed by atoms with Gasteiger partial charge in [-0.3, -0.25) is 0 Å². The normalized spacial score (nSPS) is 41.8. The number of fused-ring (bicyclic) bond motifs is 5. The summed E-state index contributed by atoms with van der Waals surface area (Å²) in [7, 11) is 0.